The van der Waals surface area contributed by atoms with Gasteiger partial charge < -0.3 is 5.32 Å². The summed E-state index contributed by atoms with van der Waals surface area (Å²) >= 11 is 0. The normalized spacial score (nSPS) is 26.4. The fraction of sp³-hybridized carbons (Fsp3) is 0.615. The molecule has 0 aromatic carbocycles. The zero-order valence-corrected chi connectivity index (χ0v) is 11.0. The highest BCUT2D eigenvalue weighted by Gasteiger charge is 2.37. The lowest BCUT2D eigenvalue weighted by atomic mass is 10.1. The second kappa shape index (κ2) is 4.77. The van der Waals surface area contributed by atoms with E-state index in [-0.39, 0.29) is 10.6 Å². The predicted molar refractivity (Wildman–Crippen MR) is 72.3 cm³/mol. The van der Waals surface area contributed by atoms with Gasteiger partial charge in [0.1, 0.15) is 12.0 Å². The molecule has 2 unspecified atom stereocenters. The van der Waals surface area contributed by atoms with Crippen molar-refractivity contribution < 1.29 is 4.92 Å². The SMILES string of the molecule is Cc1cc(NC2CCN3CCCC23)ncc1[N+](=O)[O-]. The molecule has 2 fully saturated rings. The number of hydrogen-bond acceptors (Lipinski definition) is 5. The van der Waals surface area contributed by atoms with E-state index in [4.69, 9.17) is 0 Å². The number of hydrogen-bond donors (Lipinski definition) is 1. The van der Waals surface area contributed by atoms with Gasteiger partial charge in [0, 0.05) is 24.2 Å². The fourth-order valence-electron chi connectivity index (χ4n) is 3.26. The fourth-order valence-corrected chi connectivity index (χ4v) is 3.26. The Hall–Kier alpha value is -1.69. The van der Waals surface area contributed by atoms with E-state index in [1.165, 1.54) is 25.6 Å². The lowest BCUT2D eigenvalue weighted by Crippen LogP contribution is -2.34. The molecule has 0 radical (unpaired) electrons. The number of nitrogens with zero attached hydrogens (tertiary/aromatic N) is 3. The number of aryl methyl sites for hydroxylation is 1. The second-order valence-corrected chi connectivity index (χ2v) is 5.40. The van der Waals surface area contributed by atoms with E-state index in [1.807, 2.05) is 0 Å². The minimum atomic E-state index is -0.389. The van der Waals surface area contributed by atoms with Crippen molar-refractivity contribution in [2.24, 2.45) is 0 Å². The van der Waals surface area contributed by atoms with Gasteiger partial charge in [0.2, 0.25) is 0 Å². The summed E-state index contributed by atoms with van der Waals surface area (Å²) in [5.74, 6) is 0.752. The Kier molecular flexibility index (Phi) is 3.10. The molecule has 3 heterocycles. The monoisotopic (exact) mass is 262 g/mol. The Bertz CT molecular complexity index is 505. The number of aromatic nitrogens is 1. The molecule has 0 saturated carbocycles. The molecule has 2 aliphatic heterocycles. The Morgan fingerprint density at radius 3 is 3.05 bits per heavy atom. The number of pyridine rings is 1. The molecule has 0 aliphatic carbocycles. The van der Waals surface area contributed by atoms with Crippen LogP contribution in [-0.2, 0) is 0 Å². The summed E-state index contributed by atoms with van der Waals surface area (Å²) in [7, 11) is 0. The van der Waals surface area contributed by atoms with Crippen LogP contribution in [0.5, 0.6) is 0 Å². The molecule has 2 saturated heterocycles. The van der Waals surface area contributed by atoms with Crippen LogP contribution in [0, 0.1) is 17.0 Å². The van der Waals surface area contributed by atoms with Crippen LogP contribution in [-0.4, -0.2) is 40.0 Å². The summed E-state index contributed by atoms with van der Waals surface area (Å²) in [6, 6.07) is 2.81. The van der Waals surface area contributed by atoms with Crippen molar-refractivity contribution in [3.05, 3.63) is 27.9 Å². The highest BCUT2D eigenvalue weighted by atomic mass is 16.6. The molecule has 6 nitrogen and oxygen atoms in total. The molecular formula is C13H18N4O2. The molecule has 1 aromatic rings. The van der Waals surface area contributed by atoms with Crippen molar-refractivity contribution in [2.75, 3.05) is 18.4 Å². The highest BCUT2D eigenvalue weighted by molar-refractivity contribution is 5.47. The van der Waals surface area contributed by atoms with Gasteiger partial charge in [-0.05, 0) is 38.8 Å². The third-order valence-corrected chi connectivity index (χ3v) is 4.22. The molecular weight excluding hydrogens is 244 g/mol. The lowest BCUT2D eigenvalue weighted by Gasteiger charge is -2.21. The van der Waals surface area contributed by atoms with Crippen molar-refractivity contribution in [3.8, 4) is 0 Å². The Morgan fingerprint density at radius 1 is 1.47 bits per heavy atom. The van der Waals surface area contributed by atoms with Crippen molar-refractivity contribution in [2.45, 2.75) is 38.3 Å². The Balaban J connectivity index is 1.73. The van der Waals surface area contributed by atoms with Crippen molar-refractivity contribution in [1.29, 1.82) is 0 Å². The summed E-state index contributed by atoms with van der Waals surface area (Å²) in [4.78, 5) is 17.1. The maximum Gasteiger partial charge on any atom is 0.290 e. The molecule has 19 heavy (non-hydrogen) atoms. The van der Waals surface area contributed by atoms with Crippen molar-refractivity contribution >= 4 is 11.5 Å². The maximum atomic E-state index is 10.8. The van der Waals surface area contributed by atoms with Crippen LogP contribution >= 0.6 is 0 Å². The number of nitrogens with one attached hydrogen (secondary N) is 1. The zero-order chi connectivity index (χ0) is 13.4. The molecule has 0 amide bonds. The molecule has 102 valence electrons. The Morgan fingerprint density at radius 2 is 2.32 bits per heavy atom. The summed E-state index contributed by atoms with van der Waals surface area (Å²) in [5, 5.41) is 14.2. The van der Waals surface area contributed by atoms with Gasteiger partial charge >= 0.3 is 0 Å². The van der Waals surface area contributed by atoms with Crippen LogP contribution in [0.1, 0.15) is 24.8 Å². The predicted octanol–water partition coefficient (Wildman–Crippen LogP) is 1.95. The molecule has 1 N–H and O–H groups in total. The molecule has 0 spiro atoms. The van der Waals surface area contributed by atoms with E-state index in [2.05, 4.69) is 15.2 Å². The molecule has 2 aliphatic rings. The molecule has 1 aromatic heterocycles. The van der Waals surface area contributed by atoms with Crippen LogP contribution in [0.3, 0.4) is 0 Å². The summed E-state index contributed by atoms with van der Waals surface area (Å²) < 4.78 is 0. The minimum absolute atomic E-state index is 0.0828. The summed E-state index contributed by atoms with van der Waals surface area (Å²) in [6.45, 7) is 4.10. The van der Waals surface area contributed by atoms with E-state index in [0.29, 0.717) is 17.6 Å². The minimum Gasteiger partial charge on any atom is -0.366 e. The van der Waals surface area contributed by atoms with Gasteiger partial charge in [0.15, 0.2) is 0 Å². The van der Waals surface area contributed by atoms with Gasteiger partial charge in [0.05, 0.1) is 4.92 Å². The van der Waals surface area contributed by atoms with E-state index in [1.54, 1.807) is 13.0 Å². The molecule has 0 bridgehead atoms. The average molecular weight is 262 g/mol. The first-order valence-corrected chi connectivity index (χ1v) is 6.77. The van der Waals surface area contributed by atoms with Crippen LogP contribution in [0.15, 0.2) is 12.3 Å². The number of fused-ring (bicyclic) bond motifs is 1. The second-order valence-electron chi connectivity index (χ2n) is 5.40. The highest BCUT2D eigenvalue weighted by Crippen LogP contribution is 2.30. The van der Waals surface area contributed by atoms with Gasteiger partial charge in [-0.3, -0.25) is 15.0 Å². The van der Waals surface area contributed by atoms with Gasteiger partial charge in [0.25, 0.3) is 5.69 Å². The quantitative estimate of drug-likeness (QED) is 0.666. The van der Waals surface area contributed by atoms with E-state index >= 15 is 0 Å². The average Bonchev–Trinajstić information content (AvgIpc) is 2.94. The van der Waals surface area contributed by atoms with Gasteiger partial charge in [-0.1, -0.05) is 0 Å². The first kappa shape index (κ1) is 12.3. The van der Waals surface area contributed by atoms with Gasteiger partial charge in [-0.2, -0.15) is 0 Å². The van der Waals surface area contributed by atoms with E-state index < -0.39 is 0 Å². The zero-order valence-electron chi connectivity index (χ0n) is 11.0. The van der Waals surface area contributed by atoms with Crippen LogP contribution < -0.4 is 5.32 Å². The molecule has 6 heteroatoms. The van der Waals surface area contributed by atoms with Crippen molar-refractivity contribution in [3.63, 3.8) is 0 Å². The lowest BCUT2D eigenvalue weighted by molar-refractivity contribution is -0.385. The standard InChI is InChI=1S/C13H18N4O2/c1-9-7-13(14-8-12(9)17(18)19)15-10-4-6-16-5-2-3-11(10)16/h7-8,10-11H,2-6H2,1H3,(H,14,15). The van der Waals surface area contributed by atoms with Crippen molar-refractivity contribution in [1.82, 2.24) is 9.88 Å². The summed E-state index contributed by atoms with van der Waals surface area (Å²) in [6.07, 6.45) is 4.99. The number of rotatable bonds is 3. The molecule has 3 rings (SSSR count). The first-order chi connectivity index (χ1) is 9.15. The topological polar surface area (TPSA) is 71.3 Å². The summed E-state index contributed by atoms with van der Waals surface area (Å²) in [5.41, 5.74) is 0.739. The van der Waals surface area contributed by atoms with Crippen LogP contribution in [0.25, 0.3) is 0 Å². The van der Waals surface area contributed by atoms with E-state index in [9.17, 15) is 10.1 Å². The Labute approximate surface area is 112 Å². The maximum absolute atomic E-state index is 10.8. The third kappa shape index (κ3) is 2.28. The number of nitro groups is 1. The van der Waals surface area contributed by atoms with Crippen LogP contribution in [0.4, 0.5) is 11.5 Å². The molecule has 2 atom stereocenters. The third-order valence-electron chi connectivity index (χ3n) is 4.22. The number of anilines is 1. The first-order valence-electron chi connectivity index (χ1n) is 6.77. The smallest absolute Gasteiger partial charge is 0.290 e. The van der Waals surface area contributed by atoms with Crippen LogP contribution in [0.2, 0.25) is 0 Å². The van der Waals surface area contributed by atoms with Gasteiger partial charge in [-0.15, -0.1) is 0 Å². The van der Waals surface area contributed by atoms with E-state index in [0.717, 1.165) is 18.8 Å². The largest absolute Gasteiger partial charge is 0.366 e. The van der Waals surface area contributed by atoms with Gasteiger partial charge in [-0.25, -0.2) is 4.98 Å².